The van der Waals surface area contributed by atoms with Crippen molar-refractivity contribution in [1.82, 2.24) is 0 Å². The lowest BCUT2D eigenvalue weighted by Crippen LogP contribution is -2.49. The molecule has 3 rings (SSSR count). The van der Waals surface area contributed by atoms with Gasteiger partial charge in [-0.05, 0) is 29.8 Å². The average Bonchev–Trinajstić information content (AvgIpc) is 2.49. The number of nitrogens with two attached hydrogens (primary N) is 2. The summed E-state index contributed by atoms with van der Waals surface area (Å²) in [5.41, 5.74) is 13.9. The first-order valence-corrected chi connectivity index (χ1v) is 7.27. The summed E-state index contributed by atoms with van der Waals surface area (Å²) in [4.78, 5) is 10.4. The van der Waals surface area contributed by atoms with Crippen molar-refractivity contribution in [2.45, 2.75) is 12.6 Å². The van der Waals surface area contributed by atoms with Crippen molar-refractivity contribution in [1.29, 1.82) is 0 Å². The number of guanidine groups is 2. The monoisotopic (exact) mass is 313 g/mol. The quantitative estimate of drug-likeness (QED) is 0.913. The number of benzene rings is 2. The van der Waals surface area contributed by atoms with Gasteiger partial charge in [0.25, 0.3) is 0 Å². The van der Waals surface area contributed by atoms with Gasteiger partial charge in [-0.2, -0.15) is 4.99 Å². The van der Waals surface area contributed by atoms with Gasteiger partial charge in [0.2, 0.25) is 11.9 Å². The Morgan fingerprint density at radius 3 is 2.36 bits per heavy atom. The third-order valence-electron chi connectivity index (χ3n) is 3.42. The molecular formula is C16H16ClN5. The van der Waals surface area contributed by atoms with Gasteiger partial charge in [-0.15, -0.1) is 0 Å². The lowest BCUT2D eigenvalue weighted by atomic mass is 10.1. The molecule has 22 heavy (non-hydrogen) atoms. The Morgan fingerprint density at radius 2 is 1.68 bits per heavy atom. The molecule has 1 atom stereocenters. The summed E-state index contributed by atoms with van der Waals surface area (Å²) < 4.78 is 0. The van der Waals surface area contributed by atoms with Crippen LogP contribution < -0.4 is 16.4 Å². The highest BCUT2D eigenvalue weighted by Crippen LogP contribution is 2.24. The van der Waals surface area contributed by atoms with Crippen LogP contribution in [0.5, 0.6) is 0 Å². The van der Waals surface area contributed by atoms with E-state index < -0.39 is 0 Å². The number of anilines is 1. The minimum absolute atomic E-state index is 0.198. The number of hydrogen-bond acceptors (Lipinski definition) is 5. The van der Waals surface area contributed by atoms with Crippen LogP contribution in [0.2, 0.25) is 5.02 Å². The molecule has 0 saturated carbocycles. The number of rotatable bonds is 3. The highest BCUT2D eigenvalue weighted by atomic mass is 35.5. The first-order valence-electron chi connectivity index (χ1n) is 6.89. The normalized spacial score (nSPS) is 17.9. The fraction of sp³-hybridized carbons (Fsp3) is 0.125. The minimum Gasteiger partial charge on any atom is -0.369 e. The summed E-state index contributed by atoms with van der Waals surface area (Å²) in [6.45, 7) is 0. The van der Waals surface area contributed by atoms with Gasteiger partial charge >= 0.3 is 0 Å². The molecule has 0 radical (unpaired) electrons. The van der Waals surface area contributed by atoms with Gasteiger partial charge in [0.1, 0.15) is 6.17 Å². The average molecular weight is 314 g/mol. The predicted molar refractivity (Wildman–Crippen MR) is 91.1 cm³/mol. The third-order valence-corrected chi connectivity index (χ3v) is 3.67. The molecule has 5 nitrogen and oxygen atoms in total. The van der Waals surface area contributed by atoms with E-state index in [2.05, 4.69) is 9.98 Å². The lowest BCUT2D eigenvalue weighted by Gasteiger charge is -2.32. The molecule has 1 heterocycles. The topological polar surface area (TPSA) is 80.0 Å². The van der Waals surface area contributed by atoms with Gasteiger partial charge in [-0.3, -0.25) is 4.90 Å². The van der Waals surface area contributed by atoms with E-state index in [0.29, 0.717) is 17.4 Å². The molecule has 0 aliphatic carbocycles. The summed E-state index contributed by atoms with van der Waals surface area (Å²) >= 11 is 5.95. The van der Waals surface area contributed by atoms with Crippen LogP contribution in [0.15, 0.2) is 64.6 Å². The maximum absolute atomic E-state index is 6.07. The molecule has 1 aliphatic heterocycles. The molecule has 6 heteroatoms. The molecule has 112 valence electrons. The Balaban J connectivity index is 1.94. The molecule has 0 saturated heterocycles. The van der Waals surface area contributed by atoms with Crippen molar-refractivity contribution < 1.29 is 0 Å². The first-order chi connectivity index (χ1) is 10.6. The number of aliphatic imine (C=N–C) groups is 2. The summed E-state index contributed by atoms with van der Waals surface area (Å²) in [6, 6.07) is 17.5. The maximum atomic E-state index is 6.07. The highest BCUT2D eigenvalue weighted by Gasteiger charge is 2.26. The standard InChI is InChI=1S/C16H16ClN5/c17-12-6-8-13(9-7-12)22-14(20-15(18)21-16(22)19)10-11-4-2-1-3-5-11/h1-9,14H,10H2,(H4,18,19,20,21). The van der Waals surface area contributed by atoms with Crippen LogP contribution in [0.4, 0.5) is 5.69 Å². The molecule has 0 spiro atoms. The van der Waals surface area contributed by atoms with Crippen LogP contribution in [0.3, 0.4) is 0 Å². The van der Waals surface area contributed by atoms with E-state index in [1.165, 1.54) is 0 Å². The fourth-order valence-electron chi connectivity index (χ4n) is 2.43. The number of hydrogen-bond donors (Lipinski definition) is 2. The van der Waals surface area contributed by atoms with Crippen LogP contribution in [0.25, 0.3) is 0 Å². The van der Waals surface area contributed by atoms with Crippen LogP contribution in [-0.2, 0) is 6.42 Å². The molecule has 1 aliphatic rings. The summed E-state index contributed by atoms with van der Waals surface area (Å²) in [6.07, 6.45) is 0.446. The Morgan fingerprint density at radius 1 is 1.00 bits per heavy atom. The van der Waals surface area contributed by atoms with Gasteiger partial charge in [0.05, 0.1) is 0 Å². The SMILES string of the molecule is NC1=NC(Cc2ccccc2)N(c2ccc(Cl)cc2)C(N)=N1. The van der Waals surface area contributed by atoms with Crippen LogP contribution in [-0.4, -0.2) is 18.1 Å². The van der Waals surface area contributed by atoms with E-state index >= 15 is 0 Å². The van der Waals surface area contributed by atoms with E-state index in [1.807, 2.05) is 59.5 Å². The molecule has 0 bridgehead atoms. The van der Waals surface area contributed by atoms with Crippen molar-refractivity contribution in [3.8, 4) is 0 Å². The van der Waals surface area contributed by atoms with E-state index in [1.54, 1.807) is 0 Å². The van der Waals surface area contributed by atoms with Crippen molar-refractivity contribution >= 4 is 29.2 Å². The first kappa shape index (κ1) is 14.4. The van der Waals surface area contributed by atoms with E-state index in [4.69, 9.17) is 23.1 Å². The van der Waals surface area contributed by atoms with Crippen molar-refractivity contribution in [3.63, 3.8) is 0 Å². The molecule has 0 fully saturated rings. The molecule has 0 amide bonds. The molecule has 1 unspecified atom stereocenters. The van der Waals surface area contributed by atoms with E-state index in [9.17, 15) is 0 Å². The highest BCUT2D eigenvalue weighted by molar-refractivity contribution is 6.30. The maximum Gasteiger partial charge on any atom is 0.220 e. The van der Waals surface area contributed by atoms with Crippen molar-refractivity contribution in [2.75, 3.05) is 4.90 Å². The van der Waals surface area contributed by atoms with E-state index in [0.717, 1.165) is 11.3 Å². The van der Waals surface area contributed by atoms with Gasteiger partial charge in [0, 0.05) is 17.1 Å². The number of nitrogens with zero attached hydrogens (tertiary/aromatic N) is 3. The summed E-state index contributed by atoms with van der Waals surface area (Å²) in [5.74, 6) is 0.527. The largest absolute Gasteiger partial charge is 0.369 e. The zero-order valence-electron chi connectivity index (χ0n) is 11.9. The zero-order chi connectivity index (χ0) is 15.5. The van der Waals surface area contributed by atoms with Crippen LogP contribution in [0.1, 0.15) is 5.56 Å². The van der Waals surface area contributed by atoms with Gasteiger partial charge in [-0.25, -0.2) is 4.99 Å². The van der Waals surface area contributed by atoms with E-state index in [-0.39, 0.29) is 12.1 Å². The minimum atomic E-state index is -0.235. The Hall–Kier alpha value is -2.53. The fourth-order valence-corrected chi connectivity index (χ4v) is 2.56. The lowest BCUT2D eigenvalue weighted by molar-refractivity contribution is 0.679. The molecule has 2 aromatic carbocycles. The van der Waals surface area contributed by atoms with Gasteiger partial charge in [0.15, 0.2) is 0 Å². The second kappa shape index (κ2) is 6.07. The second-order valence-electron chi connectivity index (χ2n) is 4.97. The summed E-state index contributed by atoms with van der Waals surface area (Å²) in [7, 11) is 0. The molecule has 2 aromatic rings. The summed E-state index contributed by atoms with van der Waals surface area (Å²) in [5, 5.41) is 0.666. The van der Waals surface area contributed by atoms with Gasteiger partial charge in [-0.1, -0.05) is 41.9 Å². The predicted octanol–water partition coefficient (Wildman–Crippen LogP) is 2.36. The van der Waals surface area contributed by atoms with Crippen LogP contribution in [0, 0.1) is 0 Å². The molecule has 0 aromatic heterocycles. The zero-order valence-corrected chi connectivity index (χ0v) is 12.6. The Labute approximate surface area is 133 Å². The second-order valence-corrected chi connectivity index (χ2v) is 5.41. The van der Waals surface area contributed by atoms with Gasteiger partial charge < -0.3 is 11.5 Å². The van der Waals surface area contributed by atoms with Crippen molar-refractivity contribution in [2.24, 2.45) is 21.5 Å². The molecule has 4 N–H and O–H groups in total. The Kier molecular flexibility index (Phi) is 3.98. The molecular weight excluding hydrogens is 298 g/mol. The van der Waals surface area contributed by atoms with Crippen LogP contribution >= 0.6 is 11.6 Å². The van der Waals surface area contributed by atoms with Crippen molar-refractivity contribution in [3.05, 3.63) is 65.2 Å². The third kappa shape index (κ3) is 3.04. The smallest absolute Gasteiger partial charge is 0.220 e. The number of halogens is 1. The Bertz CT molecular complexity index is 709.